The average molecular weight is 484 g/mol. The van der Waals surface area contributed by atoms with Crippen LogP contribution in [0.4, 0.5) is 10.2 Å². The molecule has 0 aliphatic carbocycles. The minimum absolute atomic E-state index is 0.127. The van der Waals surface area contributed by atoms with Crippen molar-refractivity contribution in [3.63, 3.8) is 0 Å². The molecule has 178 valence electrons. The van der Waals surface area contributed by atoms with E-state index in [0.717, 1.165) is 0 Å². The van der Waals surface area contributed by atoms with Gasteiger partial charge in [-0.15, -0.1) is 0 Å². The Morgan fingerprint density at radius 2 is 1.85 bits per heavy atom. The topological polar surface area (TPSA) is 71.3 Å². The quantitative estimate of drug-likeness (QED) is 0.522. The van der Waals surface area contributed by atoms with E-state index in [2.05, 4.69) is 11.6 Å². The van der Waals surface area contributed by atoms with Crippen molar-refractivity contribution in [2.75, 3.05) is 31.1 Å². The number of hydrogen-bond acceptors (Lipinski definition) is 5. The maximum absolute atomic E-state index is 14.6. The Morgan fingerprint density at radius 1 is 1.18 bits per heavy atom. The summed E-state index contributed by atoms with van der Waals surface area (Å²) < 4.78 is 16.1. The Labute approximate surface area is 202 Å². The van der Waals surface area contributed by atoms with Crippen LogP contribution < -0.4 is 10.6 Å². The van der Waals surface area contributed by atoms with Gasteiger partial charge in [-0.25, -0.2) is 14.2 Å². The number of rotatable bonds is 4. The number of carbonyl (C=O) groups excluding carboxylic acids is 1. The van der Waals surface area contributed by atoms with Crippen molar-refractivity contribution in [2.24, 2.45) is 5.41 Å². The summed E-state index contributed by atoms with van der Waals surface area (Å²) in [5.74, 6) is -0.110. The second kappa shape index (κ2) is 9.18. The van der Waals surface area contributed by atoms with E-state index >= 15 is 0 Å². The minimum atomic E-state index is -0.446. The second-order valence-electron chi connectivity index (χ2n) is 9.55. The van der Waals surface area contributed by atoms with Gasteiger partial charge in [-0.2, -0.15) is 4.98 Å². The van der Waals surface area contributed by atoms with Gasteiger partial charge in [0.1, 0.15) is 17.3 Å². The number of piperazine rings is 1. The van der Waals surface area contributed by atoms with Gasteiger partial charge >= 0.3 is 5.69 Å². The van der Waals surface area contributed by atoms with Crippen LogP contribution in [0.2, 0.25) is 5.02 Å². The number of halogens is 2. The van der Waals surface area contributed by atoms with Crippen molar-refractivity contribution in [1.82, 2.24) is 19.4 Å². The van der Waals surface area contributed by atoms with E-state index in [4.69, 9.17) is 16.6 Å². The fourth-order valence-electron chi connectivity index (χ4n) is 4.12. The molecule has 0 atom stereocenters. The molecule has 0 saturated carbocycles. The SMILES string of the molecule is C=CC(=O)N1CCN(c2nc(=O)n(CC(C)(C)C)c3nc(-c4ccccc4F)c(Cl)cc23)CC1. The standard InChI is InChI=1S/C25H27ClFN5O2/c1-5-20(33)30-10-12-31(13-11-30)22-17-14-18(26)21(16-8-6-7-9-19(16)27)28-23(17)32(24(34)29-22)15-25(2,3)4/h5-9,14H,1,10-13,15H2,2-4H3. The molecule has 3 aromatic rings. The second-order valence-corrected chi connectivity index (χ2v) is 9.96. The first-order valence-electron chi connectivity index (χ1n) is 11.1. The Morgan fingerprint density at radius 3 is 2.47 bits per heavy atom. The highest BCUT2D eigenvalue weighted by molar-refractivity contribution is 6.33. The number of nitrogens with zero attached hydrogens (tertiary/aromatic N) is 5. The van der Waals surface area contributed by atoms with Crippen LogP contribution >= 0.6 is 11.6 Å². The first-order valence-corrected chi connectivity index (χ1v) is 11.5. The fraction of sp³-hybridized carbons (Fsp3) is 0.360. The summed E-state index contributed by atoms with van der Waals surface area (Å²) in [7, 11) is 0. The van der Waals surface area contributed by atoms with Gasteiger partial charge in [0.2, 0.25) is 5.91 Å². The molecule has 3 heterocycles. The lowest BCUT2D eigenvalue weighted by Gasteiger charge is -2.35. The first kappa shape index (κ1) is 23.9. The molecule has 1 aromatic carbocycles. The van der Waals surface area contributed by atoms with Crippen LogP contribution in [-0.4, -0.2) is 51.5 Å². The molecule has 34 heavy (non-hydrogen) atoms. The Bertz CT molecular complexity index is 1320. The van der Waals surface area contributed by atoms with Crippen LogP contribution in [0, 0.1) is 11.2 Å². The fourth-order valence-corrected chi connectivity index (χ4v) is 4.37. The number of benzene rings is 1. The summed E-state index contributed by atoms with van der Waals surface area (Å²) in [5.41, 5.74) is 0.274. The molecule has 1 aliphatic rings. The number of fused-ring (bicyclic) bond motifs is 1. The molecule has 1 saturated heterocycles. The van der Waals surface area contributed by atoms with E-state index in [0.29, 0.717) is 49.6 Å². The summed E-state index contributed by atoms with van der Waals surface area (Å²) in [4.78, 5) is 37.9. The first-order chi connectivity index (χ1) is 16.1. The third-order valence-electron chi connectivity index (χ3n) is 5.71. The van der Waals surface area contributed by atoms with Gasteiger partial charge in [0, 0.05) is 38.3 Å². The molecule has 0 radical (unpaired) electrons. The number of anilines is 1. The van der Waals surface area contributed by atoms with Crippen LogP contribution in [0.1, 0.15) is 20.8 Å². The number of carbonyl (C=O) groups is 1. The van der Waals surface area contributed by atoms with Crippen LogP contribution in [-0.2, 0) is 11.3 Å². The van der Waals surface area contributed by atoms with Crippen LogP contribution in [0.3, 0.4) is 0 Å². The summed E-state index contributed by atoms with van der Waals surface area (Å²) in [6, 6.07) is 7.97. The van der Waals surface area contributed by atoms with E-state index in [1.807, 2.05) is 25.7 Å². The van der Waals surface area contributed by atoms with Crippen molar-refractivity contribution in [1.29, 1.82) is 0 Å². The zero-order valence-corrected chi connectivity index (χ0v) is 20.3. The largest absolute Gasteiger partial charge is 0.352 e. The summed E-state index contributed by atoms with van der Waals surface area (Å²) in [6.07, 6.45) is 1.30. The normalized spacial score (nSPS) is 14.5. The molecule has 4 rings (SSSR count). The zero-order chi connectivity index (χ0) is 24.6. The molecule has 0 unspecified atom stereocenters. The lowest BCUT2D eigenvalue weighted by atomic mass is 9.97. The minimum Gasteiger partial charge on any atom is -0.352 e. The van der Waals surface area contributed by atoms with E-state index in [1.54, 1.807) is 29.2 Å². The van der Waals surface area contributed by atoms with Crippen molar-refractivity contribution >= 4 is 34.4 Å². The molecular weight excluding hydrogens is 457 g/mol. The van der Waals surface area contributed by atoms with Crippen molar-refractivity contribution in [2.45, 2.75) is 27.3 Å². The number of aromatic nitrogens is 3. The number of hydrogen-bond donors (Lipinski definition) is 0. The Kier molecular flexibility index (Phi) is 6.45. The number of amides is 1. The Balaban J connectivity index is 1.89. The smallest absolute Gasteiger partial charge is 0.351 e. The van der Waals surface area contributed by atoms with Gasteiger partial charge in [0.15, 0.2) is 0 Å². The predicted octanol–water partition coefficient (Wildman–Crippen LogP) is 4.13. The summed E-state index contributed by atoms with van der Waals surface area (Å²) in [5, 5.41) is 0.875. The van der Waals surface area contributed by atoms with Crippen molar-refractivity contribution in [3.05, 3.63) is 64.3 Å². The monoisotopic (exact) mass is 483 g/mol. The van der Waals surface area contributed by atoms with Gasteiger partial charge in [-0.05, 0) is 29.7 Å². The van der Waals surface area contributed by atoms with Crippen LogP contribution in [0.15, 0.2) is 47.8 Å². The highest BCUT2D eigenvalue weighted by Crippen LogP contribution is 2.34. The molecular formula is C25H27ClFN5O2. The predicted molar refractivity (Wildman–Crippen MR) is 133 cm³/mol. The van der Waals surface area contributed by atoms with Crippen molar-refractivity contribution < 1.29 is 9.18 Å². The van der Waals surface area contributed by atoms with Gasteiger partial charge < -0.3 is 9.80 Å². The zero-order valence-electron chi connectivity index (χ0n) is 19.5. The van der Waals surface area contributed by atoms with Gasteiger partial charge in [0.25, 0.3) is 0 Å². The lowest BCUT2D eigenvalue weighted by Crippen LogP contribution is -2.49. The molecule has 1 amide bonds. The highest BCUT2D eigenvalue weighted by Gasteiger charge is 2.26. The van der Waals surface area contributed by atoms with Crippen molar-refractivity contribution in [3.8, 4) is 11.3 Å². The van der Waals surface area contributed by atoms with Gasteiger partial charge in [-0.3, -0.25) is 9.36 Å². The molecule has 0 spiro atoms. The van der Waals surface area contributed by atoms with E-state index in [9.17, 15) is 14.0 Å². The maximum atomic E-state index is 14.6. The molecule has 7 nitrogen and oxygen atoms in total. The third kappa shape index (κ3) is 4.68. The highest BCUT2D eigenvalue weighted by atomic mass is 35.5. The van der Waals surface area contributed by atoms with E-state index in [-0.39, 0.29) is 27.6 Å². The Hall–Kier alpha value is -3.26. The molecule has 2 aromatic heterocycles. The van der Waals surface area contributed by atoms with Gasteiger partial charge in [0.05, 0.1) is 16.1 Å². The van der Waals surface area contributed by atoms with E-state index in [1.165, 1.54) is 16.7 Å². The molecule has 1 fully saturated rings. The molecule has 1 aliphatic heterocycles. The molecule has 0 bridgehead atoms. The summed E-state index contributed by atoms with van der Waals surface area (Å²) in [6.45, 7) is 11.9. The molecule has 9 heteroatoms. The molecule has 0 N–H and O–H groups in total. The van der Waals surface area contributed by atoms with Crippen LogP contribution in [0.25, 0.3) is 22.3 Å². The maximum Gasteiger partial charge on any atom is 0.351 e. The van der Waals surface area contributed by atoms with E-state index < -0.39 is 11.5 Å². The third-order valence-corrected chi connectivity index (χ3v) is 6.00. The van der Waals surface area contributed by atoms with Gasteiger partial charge in [-0.1, -0.05) is 51.1 Å². The lowest BCUT2D eigenvalue weighted by molar-refractivity contribution is -0.126. The number of pyridine rings is 1. The summed E-state index contributed by atoms with van der Waals surface area (Å²) >= 11 is 6.60. The average Bonchev–Trinajstić information content (AvgIpc) is 2.80. The van der Waals surface area contributed by atoms with Crippen LogP contribution in [0.5, 0.6) is 0 Å².